The van der Waals surface area contributed by atoms with Gasteiger partial charge in [-0.1, -0.05) is 0 Å². The summed E-state index contributed by atoms with van der Waals surface area (Å²) in [5.74, 6) is -1.30. The summed E-state index contributed by atoms with van der Waals surface area (Å²) in [5.41, 5.74) is 0. The fourth-order valence-corrected chi connectivity index (χ4v) is 3.25. The van der Waals surface area contributed by atoms with Crippen LogP contribution in [0.15, 0.2) is 0 Å². The van der Waals surface area contributed by atoms with Gasteiger partial charge in [-0.15, -0.1) is 0 Å². The Hall–Kier alpha value is -1.34. The van der Waals surface area contributed by atoms with Gasteiger partial charge in [-0.05, 0) is 33.4 Å². The SMILES string of the molecule is CN(C)CC1CC(O)CN1C(=O)N1CCC[C@H](C(=O)O)C1. The van der Waals surface area contributed by atoms with Crippen LogP contribution < -0.4 is 0 Å². The Morgan fingerprint density at radius 3 is 2.62 bits per heavy atom. The average molecular weight is 299 g/mol. The number of piperidine rings is 1. The lowest BCUT2D eigenvalue weighted by Crippen LogP contribution is -2.51. The first kappa shape index (κ1) is 16.0. The largest absolute Gasteiger partial charge is 0.481 e. The van der Waals surface area contributed by atoms with Crippen molar-refractivity contribution in [2.24, 2.45) is 5.92 Å². The van der Waals surface area contributed by atoms with E-state index in [1.165, 1.54) is 0 Å². The summed E-state index contributed by atoms with van der Waals surface area (Å²) in [6.45, 7) is 1.92. The van der Waals surface area contributed by atoms with Gasteiger partial charge in [0.2, 0.25) is 0 Å². The highest BCUT2D eigenvalue weighted by Gasteiger charge is 2.38. The summed E-state index contributed by atoms with van der Waals surface area (Å²) in [5, 5.41) is 19.0. The molecule has 0 aromatic heterocycles. The number of nitrogens with zero attached hydrogens (tertiary/aromatic N) is 3. The molecule has 2 rings (SSSR count). The molecular weight excluding hydrogens is 274 g/mol. The minimum Gasteiger partial charge on any atom is -0.481 e. The number of aliphatic hydroxyl groups is 1. The highest BCUT2D eigenvalue weighted by atomic mass is 16.4. The summed E-state index contributed by atoms with van der Waals surface area (Å²) in [6.07, 6.45) is 1.44. The highest BCUT2D eigenvalue weighted by Crippen LogP contribution is 2.23. The van der Waals surface area contributed by atoms with Gasteiger partial charge < -0.3 is 24.9 Å². The van der Waals surface area contributed by atoms with E-state index in [0.29, 0.717) is 32.5 Å². The van der Waals surface area contributed by atoms with Gasteiger partial charge in [0.05, 0.1) is 12.0 Å². The summed E-state index contributed by atoms with van der Waals surface area (Å²) < 4.78 is 0. The number of likely N-dealkylation sites (tertiary alicyclic amines) is 2. The number of β-amino-alcohol motifs (C(OH)–C–C–N with tert-alkyl or cyclic N) is 1. The number of carboxylic acids is 1. The molecule has 0 bridgehead atoms. The molecule has 2 fully saturated rings. The van der Waals surface area contributed by atoms with Crippen LogP contribution in [0.5, 0.6) is 0 Å². The fourth-order valence-electron chi connectivity index (χ4n) is 3.25. The van der Waals surface area contributed by atoms with Crippen molar-refractivity contribution in [1.82, 2.24) is 14.7 Å². The number of hydrogen-bond acceptors (Lipinski definition) is 4. The van der Waals surface area contributed by atoms with Crippen LogP contribution in [0.2, 0.25) is 0 Å². The molecule has 2 saturated heterocycles. The van der Waals surface area contributed by atoms with Gasteiger partial charge in [-0.3, -0.25) is 4.79 Å². The maximum absolute atomic E-state index is 12.6. The molecule has 2 amide bonds. The van der Waals surface area contributed by atoms with Crippen LogP contribution in [0.25, 0.3) is 0 Å². The van der Waals surface area contributed by atoms with Crippen molar-refractivity contribution < 1.29 is 19.8 Å². The molecule has 2 N–H and O–H groups in total. The Labute approximate surface area is 125 Å². The average Bonchev–Trinajstić information content (AvgIpc) is 2.78. The Morgan fingerprint density at radius 2 is 2.00 bits per heavy atom. The number of carboxylic acid groups (broad SMARTS) is 1. The number of amides is 2. The van der Waals surface area contributed by atoms with E-state index < -0.39 is 18.0 Å². The molecule has 120 valence electrons. The first-order chi connectivity index (χ1) is 9.88. The molecule has 2 heterocycles. The van der Waals surface area contributed by atoms with E-state index in [4.69, 9.17) is 5.11 Å². The molecule has 0 aliphatic carbocycles. The number of hydrogen-bond donors (Lipinski definition) is 2. The van der Waals surface area contributed by atoms with E-state index in [1.807, 2.05) is 19.0 Å². The molecule has 7 nitrogen and oxygen atoms in total. The second-order valence-electron chi connectivity index (χ2n) is 6.36. The topological polar surface area (TPSA) is 84.3 Å². The number of aliphatic carboxylic acids is 1. The van der Waals surface area contributed by atoms with Crippen molar-refractivity contribution in [2.75, 3.05) is 40.3 Å². The molecule has 2 unspecified atom stereocenters. The van der Waals surface area contributed by atoms with Crippen LogP contribution in [0, 0.1) is 5.92 Å². The standard InChI is InChI=1S/C14H25N3O4/c1-15(2)8-11-6-12(18)9-17(11)14(21)16-5-3-4-10(7-16)13(19)20/h10-12,18H,3-9H2,1-2H3,(H,19,20)/t10-,11?,12?/m0/s1. The van der Waals surface area contributed by atoms with E-state index in [-0.39, 0.29) is 18.6 Å². The zero-order valence-corrected chi connectivity index (χ0v) is 12.7. The fraction of sp³-hybridized carbons (Fsp3) is 0.857. The van der Waals surface area contributed by atoms with Crippen molar-refractivity contribution in [2.45, 2.75) is 31.4 Å². The predicted molar refractivity (Wildman–Crippen MR) is 77.0 cm³/mol. The van der Waals surface area contributed by atoms with E-state index in [0.717, 1.165) is 6.42 Å². The van der Waals surface area contributed by atoms with E-state index in [2.05, 4.69) is 0 Å². The minimum absolute atomic E-state index is 0.00676. The molecule has 2 aliphatic heterocycles. The number of likely N-dealkylation sites (N-methyl/N-ethyl adjacent to an activating group) is 1. The molecule has 0 spiro atoms. The molecule has 0 aromatic carbocycles. The molecule has 0 radical (unpaired) electrons. The zero-order chi connectivity index (χ0) is 15.6. The maximum atomic E-state index is 12.6. The lowest BCUT2D eigenvalue weighted by Gasteiger charge is -2.36. The third-order valence-corrected chi connectivity index (χ3v) is 4.26. The van der Waals surface area contributed by atoms with Crippen molar-refractivity contribution >= 4 is 12.0 Å². The van der Waals surface area contributed by atoms with Gasteiger partial charge in [-0.25, -0.2) is 4.79 Å². The van der Waals surface area contributed by atoms with Crippen LogP contribution in [-0.2, 0) is 4.79 Å². The van der Waals surface area contributed by atoms with Crippen molar-refractivity contribution in [3.8, 4) is 0 Å². The molecule has 7 heteroatoms. The second kappa shape index (κ2) is 6.62. The molecule has 0 saturated carbocycles. The number of rotatable bonds is 3. The first-order valence-corrected chi connectivity index (χ1v) is 7.49. The Balaban J connectivity index is 2.02. The molecule has 3 atom stereocenters. The quantitative estimate of drug-likeness (QED) is 0.760. The van der Waals surface area contributed by atoms with E-state index in [9.17, 15) is 14.7 Å². The van der Waals surface area contributed by atoms with Crippen LogP contribution in [0.1, 0.15) is 19.3 Å². The van der Waals surface area contributed by atoms with Crippen LogP contribution in [-0.4, -0.2) is 89.3 Å². The monoisotopic (exact) mass is 299 g/mol. The van der Waals surface area contributed by atoms with Crippen molar-refractivity contribution in [3.63, 3.8) is 0 Å². The summed E-state index contributed by atoms with van der Waals surface area (Å²) >= 11 is 0. The van der Waals surface area contributed by atoms with Crippen LogP contribution in [0.4, 0.5) is 4.79 Å². The normalized spacial score (nSPS) is 30.0. The number of carbonyl (C=O) groups is 2. The third-order valence-electron chi connectivity index (χ3n) is 4.26. The Kier molecular flexibility index (Phi) is 5.05. The molecule has 21 heavy (non-hydrogen) atoms. The van der Waals surface area contributed by atoms with Crippen LogP contribution >= 0.6 is 0 Å². The van der Waals surface area contributed by atoms with Gasteiger partial charge in [0, 0.05) is 32.2 Å². The van der Waals surface area contributed by atoms with Gasteiger partial charge in [0.15, 0.2) is 0 Å². The van der Waals surface area contributed by atoms with E-state index >= 15 is 0 Å². The Bertz CT molecular complexity index is 402. The van der Waals surface area contributed by atoms with Gasteiger partial charge in [0.1, 0.15) is 0 Å². The highest BCUT2D eigenvalue weighted by molar-refractivity contribution is 5.77. The van der Waals surface area contributed by atoms with Gasteiger partial charge in [0.25, 0.3) is 0 Å². The van der Waals surface area contributed by atoms with Crippen molar-refractivity contribution in [1.29, 1.82) is 0 Å². The first-order valence-electron chi connectivity index (χ1n) is 7.49. The zero-order valence-electron chi connectivity index (χ0n) is 12.7. The number of urea groups is 1. The lowest BCUT2D eigenvalue weighted by atomic mass is 9.98. The lowest BCUT2D eigenvalue weighted by molar-refractivity contribution is -0.143. The predicted octanol–water partition coefficient (Wildman–Crippen LogP) is -0.100. The van der Waals surface area contributed by atoms with E-state index in [1.54, 1.807) is 9.80 Å². The summed E-state index contributed by atoms with van der Waals surface area (Å²) in [7, 11) is 3.88. The third kappa shape index (κ3) is 3.85. The number of aliphatic hydroxyl groups excluding tert-OH is 1. The summed E-state index contributed by atoms with van der Waals surface area (Å²) in [6, 6.07) is -0.142. The minimum atomic E-state index is -0.834. The number of carbonyl (C=O) groups excluding carboxylic acids is 1. The molecular formula is C14H25N3O4. The summed E-state index contributed by atoms with van der Waals surface area (Å²) in [4.78, 5) is 29.1. The van der Waals surface area contributed by atoms with Gasteiger partial charge in [-0.2, -0.15) is 0 Å². The van der Waals surface area contributed by atoms with Gasteiger partial charge >= 0.3 is 12.0 Å². The Morgan fingerprint density at radius 1 is 1.29 bits per heavy atom. The maximum Gasteiger partial charge on any atom is 0.320 e. The smallest absolute Gasteiger partial charge is 0.320 e. The second-order valence-corrected chi connectivity index (χ2v) is 6.36. The van der Waals surface area contributed by atoms with Crippen LogP contribution in [0.3, 0.4) is 0 Å². The molecule has 0 aromatic rings. The molecule has 2 aliphatic rings. The van der Waals surface area contributed by atoms with Crippen molar-refractivity contribution in [3.05, 3.63) is 0 Å².